The third-order valence-electron chi connectivity index (χ3n) is 3.51. The number of Topliss-reactive ketones (excluding diaryl/α,β-unsaturated/α-hetero) is 1. The average molecular weight is 280 g/mol. The summed E-state index contributed by atoms with van der Waals surface area (Å²) in [6, 6.07) is 3.54. The zero-order valence-electron chi connectivity index (χ0n) is 9.89. The molecule has 0 atom stereocenters. The second kappa shape index (κ2) is 4.22. The first-order valence-corrected chi connectivity index (χ1v) is 6.65. The van der Waals surface area contributed by atoms with Crippen LogP contribution in [0.25, 0.3) is 10.9 Å². The summed E-state index contributed by atoms with van der Waals surface area (Å²) in [5, 5.41) is 1.92. The molecule has 0 amide bonds. The van der Waals surface area contributed by atoms with E-state index in [-0.39, 0.29) is 5.78 Å². The highest BCUT2D eigenvalue weighted by Gasteiger charge is 2.23. The van der Waals surface area contributed by atoms with Gasteiger partial charge in [0.05, 0.1) is 15.6 Å². The summed E-state index contributed by atoms with van der Waals surface area (Å²) in [7, 11) is 0. The lowest BCUT2D eigenvalue weighted by atomic mass is 9.90. The van der Waals surface area contributed by atoms with E-state index < -0.39 is 0 Å². The highest BCUT2D eigenvalue weighted by molar-refractivity contribution is 6.45. The van der Waals surface area contributed by atoms with E-state index in [4.69, 9.17) is 23.2 Å². The molecule has 18 heavy (non-hydrogen) atoms. The number of hydrogen-bond acceptors (Lipinski definition) is 2. The molecule has 0 fully saturated rings. The molecule has 0 spiro atoms. The Morgan fingerprint density at radius 1 is 1.22 bits per heavy atom. The monoisotopic (exact) mass is 279 g/mol. The molecule has 0 N–H and O–H groups in total. The number of ketones is 1. The van der Waals surface area contributed by atoms with Crippen molar-refractivity contribution < 1.29 is 4.79 Å². The van der Waals surface area contributed by atoms with E-state index in [0.29, 0.717) is 22.2 Å². The first kappa shape index (κ1) is 11.9. The van der Waals surface area contributed by atoms with Crippen molar-refractivity contribution in [3.05, 3.63) is 39.0 Å². The van der Waals surface area contributed by atoms with Gasteiger partial charge in [-0.25, -0.2) is 4.98 Å². The minimum Gasteiger partial charge on any atom is -0.292 e. The predicted molar refractivity (Wildman–Crippen MR) is 73.8 cm³/mol. The number of fused-ring (bicyclic) bond motifs is 2. The molecular formula is C14H11Cl2NO. The summed E-state index contributed by atoms with van der Waals surface area (Å²) in [6.45, 7) is 1.99. The molecule has 1 heterocycles. The Bertz CT molecular complexity index is 679. The molecule has 2 aromatic rings. The summed E-state index contributed by atoms with van der Waals surface area (Å²) in [5.41, 5.74) is 3.43. The molecule has 2 nitrogen and oxygen atoms in total. The average Bonchev–Trinajstić information content (AvgIpc) is 2.35. The van der Waals surface area contributed by atoms with Gasteiger partial charge in [-0.1, -0.05) is 23.2 Å². The van der Waals surface area contributed by atoms with Crippen LogP contribution < -0.4 is 0 Å². The molecular weight excluding hydrogens is 269 g/mol. The van der Waals surface area contributed by atoms with Gasteiger partial charge in [0.2, 0.25) is 0 Å². The van der Waals surface area contributed by atoms with Gasteiger partial charge in [-0.3, -0.25) is 4.79 Å². The van der Waals surface area contributed by atoms with E-state index in [1.807, 2.05) is 13.0 Å². The lowest BCUT2D eigenvalue weighted by Crippen LogP contribution is -2.15. The molecule has 1 aliphatic rings. The van der Waals surface area contributed by atoms with Crippen LogP contribution in [-0.4, -0.2) is 10.8 Å². The van der Waals surface area contributed by atoms with Crippen molar-refractivity contribution in [1.29, 1.82) is 0 Å². The fraction of sp³-hybridized carbons (Fsp3) is 0.286. The van der Waals surface area contributed by atoms with Gasteiger partial charge < -0.3 is 0 Å². The van der Waals surface area contributed by atoms with Crippen molar-refractivity contribution in [1.82, 2.24) is 4.98 Å². The maximum absolute atomic E-state index is 11.9. The van der Waals surface area contributed by atoms with Crippen molar-refractivity contribution >= 4 is 39.9 Å². The van der Waals surface area contributed by atoms with Gasteiger partial charge in [-0.05, 0) is 43.0 Å². The number of nitrogens with zero attached hydrogens (tertiary/aromatic N) is 1. The number of benzene rings is 1. The smallest absolute Gasteiger partial charge is 0.181 e. The van der Waals surface area contributed by atoms with Gasteiger partial charge in [0.1, 0.15) is 5.69 Å². The number of carbonyl (C=O) groups is 1. The highest BCUT2D eigenvalue weighted by atomic mass is 35.5. The minimum absolute atomic E-state index is 0.132. The van der Waals surface area contributed by atoms with Crippen LogP contribution in [-0.2, 0) is 6.42 Å². The lowest BCUT2D eigenvalue weighted by Gasteiger charge is -2.18. The molecule has 0 bridgehead atoms. The fourth-order valence-electron chi connectivity index (χ4n) is 2.59. The summed E-state index contributed by atoms with van der Waals surface area (Å²) in [5.74, 6) is 0.132. The Hall–Kier alpha value is -1.12. The van der Waals surface area contributed by atoms with Gasteiger partial charge in [-0.2, -0.15) is 0 Å². The van der Waals surface area contributed by atoms with Crippen LogP contribution in [0, 0.1) is 6.92 Å². The Morgan fingerprint density at radius 2 is 2.00 bits per heavy atom. The van der Waals surface area contributed by atoms with Crippen LogP contribution in [0.4, 0.5) is 0 Å². The summed E-state index contributed by atoms with van der Waals surface area (Å²) in [4.78, 5) is 16.4. The maximum Gasteiger partial charge on any atom is 0.181 e. The van der Waals surface area contributed by atoms with Crippen molar-refractivity contribution in [3.8, 4) is 0 Å². The standard InChI is InChI=1S/C14H11Cl2NO/c1-7-8-3-2-4-11(18)14(8)17-10-6-5-9(15)13(16)12(7)10/h5-6H,2-4H2,1H3. The van der Waals surface area contributed by atoms with E-state index in [2.05, 4.69) is 4.98 Å². The van der Waals surface area contributed by atoms with E-state index >= 15 is 0 Å². The van der Waals surface area contributed by atoms with Crippen LogP contribution >= 0.6 is 23.2 Å². The van der Waals surface area contributed by atoms with Gasteiger partial charge >= 0.3 is 0 Å². The second-order valence-electron chi connectivity index (χ2n) is 4.60. The predicted octanol–water partition coefficient (Wildman–Crippen LogP) is 4.37. The van der Waals surface area contributed by atoms with E-state index in [1.54, 1.807) is 6.07 Å². The molecule has 0 saturated heterocycles. The van der Waals surface area contributed by atoms with Crippen LogP contribution in [0.15, 0.2) is 12.1 Å². The van der Waals surface area contributed by atoms with Crippen LogP contribution in [0.3, 0.4) is 0 Å². The van der Waals surface area contributed by atoms with Crippen LogP contribution in [0.1, 0.15) is 34.5 Å². The molecule has 4 heteroatoms. The molecule has 0 unspecified atom stereocenters. The zero-order valence-corrected chi connectivity index (χ0v) is 11.4. The van der Waals surface area contributed by atoms with Crippen molar-refractivity contribution in [2.24, 2.45) is 0 Å². The lowest BCUT2D eigenvalue weighted by molar-refractivity contribution is 0.0967. The van der Waals surface area contributed by atoms with E-state index in [1.165, 1.54) is 0 Å². The summed E-state index contributed by atoms with van der Waals surface area (Å²) < 4.78 is 0. The Kier molecular flexibility index (Phi) is 2.80. The molecule has 0 saturated carbocycles. The quantitative estimate of drug-likeness (QED) is 0.717. The number of rotatable bonds is 0. The summed E-state index contributed by atoms with van der Waals surface area (Å²) in [6.07, 6.45) is 2.36. The van der Waals surface area contributed by atoms with Crippen LogP contribution in [0.2, 0.25) is 10.0 Å². The van der Waals surface area contributed by atoms with Gasteiger partial charge in [0, 0.05) is 11.8 Å². The van der Waals surface area contributed by atoms with Gasteiger partial charge in [-0.15, -0.1) is 0 Å². The third kappa shape index (κ3) is 1.63. The number of pyridine rings is 1. The van der Waals surface area contributed by atoms with E-state index in [0.717, 1.165) is 34.9 Å². The zero-order chi connectivity index (χ0) is 12.9. The van der Waals surface area contributed by atoms with Gasteiger partial charge in [0.25, 0.3) is 0 Å². The molecule has 1 aliphatic carbocycles. The molecule has 0 radical (unpaired) electrons. The van der Waals surface area contributed by atoms with E-state index in [9.17, 15) is 4.79 Å². The van der Waals surface area contributed by atoms with Crippen molar-refractivity contribution in [3.63, 3.8) is 0 Å². The van der Waals surface area contributed by atoms with Gasteiger partial charge in [0.15, 0.2) is 5.78 Å². The topological polar surface area (TPSA) is 30.0 Å². The molecule has 1 aromatic carbocycles. The first-order chi connectivity index (χ1) is 8.59. The largest absolute Gasteiger partial charge is 0.292 e. The molecule has 1 aromatic heterocycles. The number of aromatic nitrogens is 1. The number of halogens is 2. The number of hydrogen-bond donors (Lipinski definition) is 0. The highest BCUT2D eigenvalue weighted by Crippen LogP contribution is 2.36. The Balaban J connectivity index is 2.44. The molecule has 0 aliphatic heterocycles. The van der Waals surface area contributed by atoms with Crippen LogP contribution in [0.5, 0.6) is 0 Å². The number of aryl methyl sites for hydroxylation is 1. The summed E-state index contributed by atoms with van der Waals surface area (Å²) >= 11 is 12.3. The van der Waals surface area contributed by atoms with Crippen molar-refractivity contribution in [2.45, 2.75) is 26.2 Å². The molecule has 3 rings (SSSR count). The third-order valence-corrected chi connectivity index (χ3v) is 4.32. The Morgan fingerprint density at radius 3 is 2.78 bits per heavy atom. The Labute approximate surface area is 115 Å². The minimum atomic E-state index is 0.132. The number of carbonyl (C=O) groups excluding carboxylic acids is 1. The maximum atomic E-state index is 11.9. The fourth-order valence-corrected chi connectivity index (χ4v) is 3.05. The SMILES string of the molecule is Cc1c2c(nc3ccc(Cl)c(Cl)c13)C(=O)CCC2. The first-order valence-electron chi connectivity index (χ1n) is 5.90. The normalized spacial score (nSPS) is 14.9. The molecule has 92 valence electrons. The van der Waals surface area contributed by atoms with Crippen molar-refractivity contribution in [2.75, 3.05) is 0 Å². The second-order valence-corrected chi connectivity index (χ2v) is 5.38.